The maximum absolute atomic E-state index is 14.2. The van der Waals surface area contributed by atoms with Gasteiger partial charge in [-0.25, -0.2) is 4.39 Å². The van der Waals surface area contributed by atoms with Crippen molar-refractivity contribution in [2.24, 2.45) is 17.8 Å². The Morgan fingerprint density at radius 3 is 2.20 bits per heavy atom. The molecular weight excluding hydrogens is 331 g/mol. The zero-order chi connectivity index (χ0) is 17.6. The summed E-state index contributed by atoms with van der Waals surface area (Å²) in [6.07, 6.45) is 14.5. The number of aryl methyl sites for hydroxylation is 1. The lowest BCUT2D eigenvalue weighted by atomic mass is 9.68. The van der Waals surface area contributed by atoms with Crippen molar-refractivity contribution in [2.75, 3.05) is 0 Å². The van der Waals surface area contributed by atoms with Crippen molar-refractivity contribution in [3.63, 3.8) is 0 Å². The highest BCUT2D eigenvalue weighted by molar-refractivity contribution is 6.25. The monoisotopic (exact) mass is 362 g/mol. The Balaban J connectivity index is 1.51. The molecule has 2 saturated carbocycles. The summed E-state index contributed by atoms with van der Waals surface area (Å²) in [7, 11) is 0. The SMILES string of the molecule is CCCc1ccc(C2CCC(C3CCC(C=CCl)CC3)CC2)cc1F. The van der Waals surface area contributed by atoms with Crippen LogP contribution >= 0.6 is 11.6 Å². The second-order valence-corrected chi connectivity index (χ2v) is 8.46. The summed E-state index contributed by atoms with van der Waals surface area (Å²) in [5.74, 6) is 3.07. The second kappa shape index (κ2) is 9.21. The number of hydrogen-bond donors (Lipinski definition) is 0. The van der Waals surface area contributed by atoms with Gasteiger partial charge in [0, 0.05) is 5.54 Å². The Bertz CT molecular complexity index is 563. The van der Waals surface area contributed by atoms with Crippen LogP contribution in [0.5, 0.6) is 0 Å². The van der Waals surface area contributed by atoms with Gasteiger partial charge in [0.15, 0.2) is 0 Å². The standard InChI is InChI=1S/C23H32ClF/c1-2-3-21-12-13-22(16-23(21)25)20-10-8-19(9-11-20)18-6-4-17(5-7-18)14-15-24/h12-20H,2-11H2,1H3. The van der Waals surface area contributed by atoms with Gasteiger partial charge in [0.25, 0.3) is 0 Å². The molecule has 0 aliphatic heterocycles. The van der Waals surface area contributed by atoms with Crippen molar-refractivity contribution in [3.05, 3.63) is 46.8 Å². The van der Waals surface area contributed by atoms with Crippen LogP contribution in [0.25, 0.3) is 0 Å². The summed E-state index contributed by atoms with van der Waals surface area (Å²) in [5, 5.41) is 0. The van der Waals surface area contributed by atoms with Gasteiger partial charge in [0.05, 0.1) is 0 Å². The third-order valence-electron chi connectivity index (χ3n) is 6.67. The molecule has 0 amide bonds. The van der Waals surface area contributed by atoms with Gasteiger partial charge in [-0.15, -0.1) is 0 Å². The molecule has 2 aliphatic carbocycles. The molecule has 0 spiro atoms. The summed E-state index contributed by atoms with van der Waals surface area (Å²) in [5.41, 5.74) is 3.80. The second-order valence-electron chi connectivity index (χ2n) is 8.21. The maximum atomic E-state index is 14.2. The van der Waals surface area contributed by atoms with Crippen molar-refractivity contribution >= 4 is 11.6 Å². The molecule has 0 aromatic heterocycles. The average Bonchev–Trinajstić information content (AvgIpc) is 2.65. The van der Waals surface area contributed by atoms with Gasteiger partial charge in [-0.2, -0.15) is 0 Å². The highest BCUT2D eigenvalue weighted by atomic mass is 35.5. The summed E-state index contributed by atoms with van der Waals surface area (Å²) in [6.45, 7) is 2.11. The molecule has 2 heteroatoms. The molecule has 0 bridgehead atoms. The van der Waals surface area contributed by atoms with E-state index in [1.165, 1.54) is 56.9 Å². The Kier molecular flexibility index (Phi) is 6.99. The van der Waals surface area contributed by atoms with Crippen molar-refractivity contribution in [1.82, 2.24) is 0 Å². The lowest BCUT2D eigenvalue weighted by Gasteiger charge is -2.37. The molecule has 138 valence electrons. The highest BCUT2D eigenvalue weighted by Crippen LogP contribution is 2.44. The van der Waals surface area contributed by atoms with Gasteiger partial charge in [-0.05, 0) is 98.7 Å². The normalized spacial score (nSPS) is 30.7. The van der Waals surface area contributed by atoms with Crippen LogP contribution in [0.3, 0.4) is 0 Å². The first-order valence-electron chi connectivity index (χ1n) is 10.3. The van der Waals surface area contributed by atoms with Crippen LogP contribution in [0, 0.1) is 23.6 Å². The van der Waals surface area contributed by atoms with Crippen LogP contribution in [-0.2, 0) is 6.42 Å². The van der Waals surface area contributed by atoms with Gasteiger partial charge >= 0.3 is 0 Å². The lowest BCUT2D eigenvalue weighted by Crippen LogP contribution is -2.25. The molecule has 1 aromatic rings. The first-order valence-corrected chi connectivity index (χ1v) is 10.7. The van der Waals surface area contributed by atoms with E-state index in [-0.39, 0.29) is 5.82 Å². The van der Waals surface area contributed by atoms with Gasteiger partial charge in [-0.1, -0.05) is 43.2 Å². The van der Waals surface area contributed by atoms with E-state index in [4.69, 9.17) is 11.6 Å². The quantitative estimate of drug-likeness (QED) is 0.505. The minimum Gasteiger partial charge on any atom is -0.207 e. The number of benzene rings is 1. The van der Waals surface area contributed by atoms with Gasteiger partial charge in [0.2, 0.25) is 0 Å². The van der Waals surface area contributed by atoms with E-state index in [1.54, 1.807) is 5.54 Å². The van der Waals surface area contributed by atoms with Crippen LogP contribution in [-0.4, -0.2) is 0 Å². The first-order chi connectivity index (χ1) is 12.2. The molecule has 2 aliphatic rings. The summed E-state index contributed by atoms with van der Waals surface area (Å²) in [4.78, 5) is 0. The third kappa shape index (κ3) is 4.88. The van der Waals surface area contributed by atoms with E-state index in [1.807, 2.05) is 12.1 Å². The predicted octanol–water partition coefficient (Wildman–Crippen LogP) is 7.61. The zero-order valence-electron chi connectivity index (χ0n) is 15.5. The molecule has 2 fully saturated rings. The van der Waals surface area contributed by atoms with E-state index < -0.39 is 0 Å². The van der Waals surface area contributed by atoms with Gasteiger partial charge in [-0.3, -0.25) is 0 Å². The topological polar surface area (TPSA) is 0 Å². The summed E-state index contributed by atoms with van der Waals surface area (Å²) >= 11 is 5.73. The number of halogens is 2. The van der Waals surface area contributed by atoms with Gasteiger partial charge < -0.3 is 0 Å². The highest BCUT2D eigenvalue weighted by Gasteiger charge is 2.30. The third-order valence-corrected chi connectivity index (χ3v) is 6.81. The van der Waals surface area contributed by atoms with Crippen molar-refractivity contribution in [3.8, 4) is 0 Å². The number of hydrogen-bond acceptors (Lipinski definition) is 0. The molecule has 0 atom stereocenters. The van der Waals surface area contributed by atoms with E-state index in [0.29, 0.717) is 11.8 Å². The van der Waals surface area contributed by atoms with Crippen molar-refractivity contribution < 1.29 is 4.39 Å². The molecule has 0 nitrogen and oxygen atoms in total. The Morgan fingerprint density at radius 1 is 1.00 bits per heavy atom. The minimum atomic E-state index is 0.00661. The predicted molar refractivity (Wildman–Crippen MR) is 106 cm³/mol. The molecular formula is C23H32ClF. The summed E-state index contributed by atoms with van der Waals surface area (Å²) < 4.78 is 14.2. The molecule has 1 aromatic carbocycles. The van der Waals surface area contributed by atoms with Crippen LogP contribution in [0.2, 0.25) is 0 Å². The maximum Gasteiger partial charge on any atom is 0.126 e. The van der Waals surface area contributed by atoms with Crippen LogP contribution < -0.4 is 0 Å². The average molecular weight is 363 g/mol. The number of rotatable bonds is 5. The minimum absolute atomic E-state index is 0.00661. The molecule has 25 heavy (non-hydrogen) atoms. The smallest absolute Gasteiger partial charge is 0.126 e. The molecule has 0 saturated heterocycles. The number of allylic oxidation sites excluding steroid dienone is 1. The first kappa shape index (κ1) is 19.0. The molecule has 0 N–H and O–H groups in total. The lowest BCUT2D eigenvalue weighted by molar-refractivity contribution is 0.171. The van der Waals surface area contributed by atoms with E-state index in [0.717, 1.165) is 30.2 Å². The van der Waals surface area contributed by atoms with E-state index in [9.17, 15) is 4.39 Å². The largest absolute Gasteiger partial charge is 0.207 e. The van der Waals surface area contributed by atoms with E-state index in [2.05, 4.69) is 19.1 Å². The van der Waals surface area contributed by atoms with Crippen LogP contribution in [0.15, 0.2) is 29.8 Å². The van der Waals surface area contributed by atoms with Crippen molar-refractivity contribution in [2.45, 2.75) is 77.0 Å². The van der Waals surface area contributed by atoms with Crippen molar-refractivity contribution in [1.29, 1.82) is 0 Å². The van der Waals surface area contributed by atoms with Crippen LogP contribution in [0.1, 0.15) is 81.8 Å². The fourth-order valence-electron chi connectivity index (χ4n) is 5.13. The fraction of sp³-hybridized carbons (Fsp3) is 0.652. The molecule has 0 radical (unpaired) electrons. The fourth-order valence-corrected chi connectivity index (χ4v) is 5.33. The molecule has 0 heterocycles. The van der Waals surface area contributed by atoms with Crippen LogP contribution in [0.4, 0.5) is 4.39 Å². The molecule has 0 unspecified atom stereocenters. The van der Waals surface area contributed by atoms with E-state index >= 15 is 0 Å². The molecule has 3 rings (SSSR count). The van der Waals surface area contributed by atoms with Gasteiger partial charge in [0.1, 0.15) is 5.82 Å². The Hall–Kier alpha value is -0.820. The summed E-state index contributed by atoms with van der Waals surface area (Å²) in [6, 6.07) is 6.02. The Morgan fingerprint density at radius 2 is 1.64 bits per heavy atom. The Labute approximate surface area is 157 Å². The zero-order valence-corrected chi connectivity index (χ0v) is 16.3.